The Morgan fingerprint density at radius 1 is 0.941 bits per heavy atom. The first-order valence-corrected chi connectivity index (χ1v) is 7.81. The van der Waals surface area contributed by atoms with Crippen molar-refractivity contribution in [3.63, 3.8) is 0 Å². The van der Waals surface area contributed by atoms with E-state index >= 15 is 0 Å². The van der Waals surface area contributed by atoms with Gasteiger partial charge in [-0.1, -0.05) is 19.8 Å². The summed E-state index contributed by atoms with van der Waals surface area (Å²) in [6.45, 7) is 6.36. The maximum absolute atomic E-state index is 3.62. The van der Waals surface area contributed by atoms with Crippen LogP contribution < -0.4 is 5.32 Å². The average molecular weight is 236 g/mol. The molecule has 98 valence electrons. The second kappa shape index (κ2) is 5.27. The summed E-state index contributed by atoms with van der Waals surface area (Å²) in [6.07, 6.45) is 10.2. The molecular weight excluding hydrogens is 208 g/mol. The lowest BCUT2D eigenvalue weighted by Gasteiger charge is -2.42. The van der Waals surface area contributed by atoms with Gasteiger partial charge in [0, 0.05) is 18.6 Å². The Bertz CT molecular complexity index is 253. The number of hydrogen-bond acceptors (Lipinski definition) is 2. The minimum atomic E-state index is 0.877. The Balaban J connectivity index is 1.65. The van der Waals surface area contributed by atoms with E-state index < -0.39 is 0 Å². The van der Waals surface area contributed by atoms with Crippen molar-refractivity contribution < 1.29 is 0 Å². The molecule has 3 rings (SSSR count). The van der Waals surface area contributed by atoms with E-state index in [9.17, 15) is 0 Å². The highest BCUT2D eigenvalue weighted by Gasteiger charge is 2.38. The maximum atomic E-state index is 3.62. The number of nitrogens with zero attached hydrogens (tertiary/aromatic N) is 1. The summed E-state index contributed by atoms with van der Waals surface area (Å²) in [5.41, 5.74) is 0. The van der Waals surface area contributed by atoms with Crippen molar-refractivity contribution in [3.8, 4) is 0 Å². The van der Waals surface area contributed by atoms with Crippen molar-refractivity contribution in [1.29, 1.82) is 0 Å². The summed E-state index contributed by atoms with van der Waals surface area (Å²) < 4.78 is 0. The lowest BCUT2D eigenvalue weighted by Crippen LogP contribution is -2.50. The van der Waals surface area contributed by atoms with Gasteiger partial charge in [0.2, 0.25) is 0 Å². The molecule has 0 aromatic heterocycles. The van der Waals surface area contributed by atoms with E-state index in [0.717, 1.165) is 23.9 Å². The summed E-state index contributed by atoms with van der Waals surface area (Å²) in [7, 11) is 0. The molecule has 0 bridgehead atoms. The lowest BCUT2D eigenvalue weighted by molar-refractivity contribution is 0.0688. The second-order valence-electron chi connectivity index (χ2n) is 6.63. The van der Waals surface area contributed by atoms with Crippen LogP contribution in [0, 0.1) is 11.8 Å². The van der Waals surface area contributed by atoms with Gasteiger partial charge in [0.05, 0.1) is 0 Å². The molecule has 0 radical (unpaired) electrons. The van der Waals surface area contributed by atoms with Crippen molar-refractivity contribution in [2.75, 3.05) is 19.6 Å². The third-order valence-electron chi connectivity index (χ3n) is 5.42. The van der Waals surface area contributed by atoms with Gasteiger partial charge in [-0.2, -0.15) is 0 Å². The van der Waals surface area contributed by atoms with Gasteiger partial charge in [-0.25, -0.2) is 0 Å². The predicted octanol–water partition coefficient (Wildman–Crippen LogP) is 2.64. The van der Waals surface area contributed by atoms with Crippen LogP contribution in [0.25, 0.3) is 0 Å². The number of fused-ring (bicyclic) bond motifs is 1. The summed E-state index contributed by atoms with van der Waals surface area (Å²) in [5, 5.41) is 3.62. The lowest BCUT2D eigenvalue weighted by atomic mass is 9.89. The first-order valence-electron chi connectivity index (χ1n) is 7.81. The minimum absolute atomic E-state index is 0.877. The molecule has 3 fully saturated rings. The zero-order chi connectivity index (χ0) is 11.7. The SMILES string of the molecule is CC1CCCC(N2CCCC3CNCC32)CC1. The maximum Gasteiger partial charge on any atom is 0.0263 e. The fourth-order valence-corrected chi connectivity index (χ4v) is 4.36. The van der Waals surface area contributed by atoms with E-state index in [4.69, 9.17) is 0 Å². The van der Waals surface area contributed by atoms with Crippen LogP contribution in [0.15, 0.2) is 0 Å². The highest BCUT2D eigenvalue weighted by molar-refractivity contribution is 4.95. The molecule has 4 unspecified atom stereocenters. The molecule has 0 amide bonds. The summed E-state index contributed by atoms with van der Waals surface area (Å²) in [6, 6.07) is 1.79. The Morgan fingerprint density at radius 3 is 2.82 bits per heavy atom. The van der Waals surface area contributed by atoms with Crippen molar-refractivity contribution in [1.82, 2.24) is 10.2 Å². The van der Waals surface area contributed by atoms with E-state index in [1.54, 1.807) is 0 Å². The number of hydrogen-bond donors (Lipinski definition) is 1. The van der Waals surface area contributed by atoms with Crippen molar-refractivity contribution in [2.45, 2.75) is 64.0 Å². The molecule has 0 spiro atoms. The highest BCUT2D eigenvalue weighted by Crippen LogP contribution is 2.33. The first kappa shape index (κ1) is 12.0. The van der Waals surface area contributed by atoms with Crippen molar-refractivity contribution in [3.05, 3.63) is 0 Å². The Kier molecular flexibility index (Phi) is 3.72. The van der Waals surface area contributed by atoms with Crippen LogP contribution >= 0.6 is 0 Å². The Morgan fingerprint density at radius 2 is 1.88 bits per heavy atom. The third kappa shape index (κ3) is 2.53. The number of likely N-dealkylation sites (tertiary alicyclic amines) is 1. The van der Waals surface area contributed by atoms with E-state index in [1.807, 2.05) is 0 Å². The van der Waals surface area contributed by atoms with Gasteiger partial charge in [-0.3, -0.25) is 4.90 Å². The van der Waals surface area contributed by atoms with Gasteiger partial charge < -0.3 is 5.32 Å². The van der Waals surface area contributed by atoms with Gasteiger partial charge in [-0.15, -0.1) is 0 Å². The second-order valence-corrected chi connectivity index (χ2v) is 6.63. The number of rotatable bonds is 1. The monoisotopic (exact) mass is 236 g/mol. The van der Waals surface area contributed by atoms with Gasteiger partial charge in [-0.05, 0) is 57.0 Å². The number of piperidine rings is 1. The molecule has 2 saturated heterocycles. The molecule has 1 N–H and O–H groups in total. The van der Waals surface area contributed by atoms with E-state index in [-0.39, 0.29) is 0 Å². The van der Waals surface area contributed by atoms with Crippen LogP contribution in [0.4, 0.5) is 0 Å². The fraction of sp³-hybridized carbons (Fsp3) is 1.00. The molecule has 1 saturated carbocycles. The van der Waals surface area contributed by atoms with Crippen LogP contribution in [0.1, 0.15) is 51.9 Å². The zero-order valence-electron chi connectivity index (χ0n) is 11.3. The van der Waals surface area contributed by atoms with Crippen molar-refractivity contribution in [2.24, 2.45) is 11.8 Å². The largest absolute Gasteiger partial charge is 0.315 e. The standard InChI is InChI=1S/C15H28N2/c1-12-4-2-6-14(8-7-12)17-9-3-5-13-10-16-11-15(13)17/h12-16H,2-11H2,1H3. The first-order chi connectivity index (χ1) is 8.34. The van der Waals surface area contributed by atoms with Crippen LogP contribution in [-0.4, -0.2) is 36.6 Å². The van der Waals surface area contributed by atoms with Crippen LogP contribution in [0.3, 0.4) is 0 Å². The minimum Gasteiger partial charge on any atom is -0.315 e. The fourth-order valence-electron chi connectivity index (χ4n) is 4.36. The molecule has 3 aliphatic rings. The predicted molar refractivity (Wildman–Crippen MR) is 72.1 cm³/mol. The normalized spacial score (nSPS) is 44.3. The molecular formula is C15H28N2. The van der Waals surface area contributed by atoms with Gasteiger partial charge in [0.15, 0.2) is 0 Å². The van der Waals surface area contributed by atoms with E-state index in [1.165, 1.54) is 64.6 Å². The highest BCUT2D eigenvalue weighted by atomic mass is 15.2. The van der Waals surface area contributed by atoms with Crippen LogP contribution in [0.5, 0.6) is 0 Å². The molecule has 1 aliphatic carbocycles. The summed E-state index contributed by atoms with van der Waals surface area (Å²) in [4.78, 5) is 2.90. The Labute approximate surface area is 106 Å². The van der Waals surface area contributed by atoms with Crippen molar-refractivity contribution >= 4 is 0 Å². The summed E-state index contributed by atoms with van der Waals surface area (Å²) >= 11 is 0. The van der Waals surface area contributed by atoms with E-state index in [0.29, 0.717) is 0 Å². The topological polar surface area (TPSA) is 15.3 Å². The molecule has 2 heteroatoms. The van der Waals surface area contributed by atoms with Crippen LogP contribution in [0.2, 0.25) is 0 Å². The zero-order valence-corrected chi connectivity index (χ0v) is 11.3. The molecule has 2 aliphatic heterocycles. The van der Waals surface area contributed by atoms with Gasteiger partial charge in [0.25, 0.3) is 0 Å². The summed E-state index contributed by atoms with van der Waals surface area (Å²) in [5.74, 6) is 1.94. The van der Waals surface area contributed by atoms with Gasteiger partial charge >= 0.3 is 0 Å². The molecule has 0 aromatic carbocycles. The Hall–Kier alpha value is -0.0800. The molecule has 2 heterocycles. The smallest absolute Gasteiger partial charge is 0.0263 e. The third-order valence-corrected chi connectivity index (χ3v) is 5.42. The van der Waals surface area contributed by atoms with E-state index in [2.05, 4.69) is 17.1 Å². The van der Waals surface area contributed by atoms with Crippen LogP contribution in [-0.2, 0) is 0 Å². The molecule has 2 nitrogen and oxygen atoms in total. The average Bonchev–Trinajstić information content (AvgIpc) is 2.72. The quantitative estimate of drug-likeness (QED) is 0.704. The number of nitrogens with one attached hydrogen (secondary N) is 1. The molecule has 4 atom stereocenters. The van der Waals surface area contributed by atoms with Gasteiger partial charge in [0.1, 0.15) is 0 Å². The molecule has 0 aromatic rings. The molecule has 17 heavy (non-hydrogen) atoms.